The largest absolute Gasteiger partial charge is 0.491 e. The number of benzene rings is 1. The van der Waals surface area contributed by atoms with Gasteiger partial charge < -0.3 is 4.74 Å². The van der Waals surface area contributed by atoms with Crippen LogP contribution in [-0.4, -0.2) is 12.0 Å². The highest BCUT2D eigenvalue weighted by atomic mass is 16.5. The van der Waals surface area contributed by atoms with Gasteiger partial charge in [-0.2, -0.15) is 0 Å². The van der Waals surface area contributed by atoms with Crippen LogP contribution in [0.5, 0.6) is 5.75 Å². The minimum atomic E-state index is -0.313. The SMILES string of the molecule is Cc1cc(OC(C)C)cc(C(=O)NN)c1. The molecule has 4 heteroatoms. The first-order valence-corrected chi connectivity index (χ1v) is 4.82. The zero-order chi connectivity index (χ0) is 11.4. The number of hydrazine groups is 1. The second-order valence-corrected chi connectivity index (χ2v) is 3.67. The molecule has 0 spiro atoms. The zero-order valence-corrected chi connectivity index (χ0v) is 9.20. The molecule has 0 bridgehead atoms. The van der Waals surface area contributed by atoms with E-state index >= 15 is 0 Å². The molecule has 0 saturated carbocycles. The van der Waals surface area contributed by atoms with Crippen molar-refractivity contribution in [3.05, 3.63) is 29.3 Å². The van der Waals surface area contributed by atoms with Crippen LogP contribution in [0.15, 0.2) is 18.2 Å². The highest BCUT2D eigenvalue weighted by molar-refractivity contribution is 5.94. The number of hydrogen-bond donors (Lipinski definition) is 2. The van der Waals surface area contributed by atoms with Gasteiger partial charge in [-0.15, -0.1) is 0 Å². The Balaban J connectivity index is 2.99. The minimum Gasteiger partial charge on any atom is -0.491 e. The van der Waals surface area contributed by atoms with Gasteiger partial charge in [0.15, 0.2) is 0 Å². The van der Waals surface area contributed by atoms with E-state index in [1.165, 1.54) is 0 Å². The van der Waals surface area contributed by atoms with E-state index in [9.17, 15) is 4.79 Å². The fourth-order valence-electron chi connectivity index (χ4n) is 1.30. The van der Waals surface area contributed by atoms with Crippen molar-refractivity contribution < 1.29 is 9.53 Å². The van der Waals surface area contributed by atoms with Crippen LogP contribution in [-0.2, 0) is 0 Å². The summed E-state index contributed by atoms with van der Waals surface area (Å²) in [6.45, 7) is 5.77. The number of nitrogens with two attached hydrogens (primary N) is 1. The van der Waals surface area contributed by atoms with E-state index in [0.29, 0.717) is 11.3 Å². The van der Waals surface area contributed by atoms with Crippen LogP contribution in [0.25, 0.3) is 0 Å². The first-order valence-electron chi connectivity index (χ1n) is 4.82. The molecule has 0 saturated heterocycles. The predicted molar refractivity (Wildman–Crippen MR) is 58.6 cm³/mol. The molecule has 4 nitrogen and oxygen atoms in total. The monoisotopic (exact) mass is 208 g/mol. The third-order valence-corrected chi connectivity index (χ3v) is 1.82. The van der Waals surface area contributed by atoms with E-state index in [0.717, 1.165) is 5.56 Å². The predicted octanol–water partition coefficient (Wildman–Crippen LogP) is 1.39. The molecule has 0 unspecified atom stereocenters. The Morgan fingerprint density at radius 2 is 2.07 bits per heavy atom. The Morgan fingerprint density at radius 3 is 2.60 bits per heavy atom. The zero-order valence-electron chi connectivity index (χ0n) is 9.20. The number of carbonyl (C=O) groups is 1. The molecule has 0 aliphatic carbocycles. The quantitative estimate of drug-likeness (QED) is 0.448. The lowest BCUT2D eigenvalue weighted by Gasteiger charge is -2.11. The molecular weight excluding hydrogens is 192 g/mol. The summed E-state index contributed by atoms with van der Waals surface area (Å²) < 4.78 is 5.51. The summed E-state index contributed by atoms with van der Waals surface area (Å²) in [4.78, 5) is 11.3. The van der Waals surface area contributed by atoms with Crippen molar-refractivity contribution >= 4 is 5.91 Å². The van der Waals surface area contributed by atoms with E-state index in [1.54, 1.807) is 12.1 Å². The van der Waals surface area contributed by atoms with Crippen LogP contribution < -0.4 is 16.0 Å². The second-order valence-electron chi connectivity index (χ2n) is 3.67. The average molecular weight is 208 g/mol. The Labute approximate surface area is 89.4 Å². The van der Waals surface area contributed by atoms with Gasteiger partial charge in [0, 0.05) is 5.56 Å². The van der Waals surface area contributed by atoms with E-state index in [1.807, 2.05) is 26.8 Å². The molecule has 3 N–H and O–H groups in total. The van der Waals surface area contributed by atoms with Gasteiger partial charge in [0.2, 0.25) is 0 Å². The number of ether oxygens (including phenoxy) is 1. The third kappa shape index (κ3) is 3.25. The Bertz CT molecular complexity index is 362. The molecule has 0 aliphatic heterocycles. The van der Waals surface area contributed by atoms with Gasteiger partial charge in [-0.1, -0.05) is 0 Å². The van der Waals surface area contributed by atoms with Crippen LogP contribution in [0, 0.1) is 6.92 Å². The number of nitrogens with one attached hydrogen (secondary N) is 1. The van der Waals surface area contributed by atoms with Gasteiger partial charge in [0.1, 0.15) is 5.75 Å². The van der Waals surface area contributed by atoms with Crippen molar-refractivity contribution in [3.8, 4) is 5.75 Å². The molecule has 0 fully saturated rings. The molecule has 1 rings (SSSR count). The molecule has 0 atom stereocenters. The minimum absolute atomic E-state index is 0.0839. The number of hydrogen-bond acceptors (Lipinski definition) is 3. The lowest BCUT2D eigenvalue weighted by molar-refractivity contribution is 0.0953. The normalized spacial score (nSPS) is 10.2. The van der Waals surface area contributed by atoms with Crippen molar-refractivity contribution in [1.29, 1.82) is 0 Å². The van der Waals surface area contributed by atoms with Crippen molar-refractivity contribution in [2.75, 3.05) is 0 Å². The van der Waals surface area contributed by atoms with Crippen LogP contribution in [0.1, 0.15) is 29.8 Å². The van der Waals surface area contributed by atoms with Crippen molar-refractivity contribution in [3.63, 3.8) is 0 Å². The standard InChI is InChI=1S/C11H16N2O2/c1-7(2)15-10-5-8(3)4-9(6-10)11(14)13-12/h4-7H,12H2,1-3H3,(H,13,14). The summed E-state index contributed by atoms with van der Waals surface area (Å²) in [6, 6.07) is 5.32. The number of nitrogen functional groups attached to an aromatic ring is 1. The maximum Gasteiger partial charge on any atom is 0.265 e. The number of amides is 1. The fraction of sp³-hybridized carbons (Fsp3) is 0.364. The molecule has 0 radical (unpaired) electrons. The summed E-state index contributed by atoms with van der Waals surface area (Å²) in [7, 11) is 0. The molecule has 0 heterocycles. The van der Waals surface area contributed by atoms with E-state index < -0.39 is 0 Å². The smallest absolute Gasteiger partial charge is 0.265 e. The summed E-state index contributed by atoms with van der Waals surface area (Å²) in [5.74, 6) is 5.44. The van der Waals surface area contributed by atoms with Crippen molar-refractivity contribution in [2.45, 2.75) is 26.9 Å². The maximum atomic E-state index is 11.3. The lowest BCUT2D eigenvalue weighted by Crippen LogP contribution is -2.30. The van der Waals surface area contributed by atoms with Crippen LogP contribution in [0.2, 0.25) is 0 Å². The molecule has 1 aromatic carbocycles. The summed E-state index contributed by atoms with van der Waals surface area (Å²) in [5.41, 5.74) is 3.57. The van der Waals surface area contributed by atoms with Gasteiger partial charge in [0.25, 0.3) is 5.91 Å². The average Bonchev–Trinajstić information content (AvgIpc) is 2.14. The maximum absolute atomic E-state index is 11.3. The van der Waals surface area contributed by atoms with Crippen molar-refractivity contribution in [1.82, 2.24) is 5.43 Å². The lowest BCUT2D eigenvalue weighted by atomic mass is 10.1. The van der Waals surface area contributed by atoms with Crippen molar-refractivity contribution in [2.24, 2.45) is 5.84 Å². The summed E-state index contributed by atoms with van der Waals surface area (Å²) in [5, 5.41) is 0. The molecule has 0 aliphatic rings. The van der Waals surface area contributed by atoms with E-state index in [-0.39, 0.29) is 12.0 Å². The fourth-order valence-corrected chi connectivity index (χ4v) is 1.30. The Kier molecular flexibility index (Phi) is 3.68. The second kappa shape index (κ2) is 4.79. The van der Waals surface area contributed by atoms with Gasteiger partial charge in [0.05, 0.1) is 6.10 Å². The molecule has 1 amide bonds. The molecule has 0 aromatic heterocycles. The van der Waals surface area contributed by atoms with Gasteiger partial charge in [-0.3, -0.25) is 10.2 Å². The van der Waals surface area contributed by atoms with Crippen LogP contribution in [0.3, 0.4) is 0 Å². The summed E-state index contributed by atoms with van der Waals surface area (Å²) in [6.07, 6.45) is 0.0839. The molecule has 82 valence electrons. The number of rotatable bonds is 3. The number of aryl methyl sites for hydroxylation is 1. The summed E-state index contributed by atoms with van der Waals surface area (Å²) >= 11 is 0. The van der Waals surface area contributed by atoms with Gasteiger partial charge in [-0.05, 0) is 44.5 Å². The number of carbonyl (C=O) groups excluding carboxylic acids is 1. The van der Waals surface area contributed by atoms with Crippen LogP contribution >= 0.6 is 0 Å². The molecule has 15 heavy (non-hydrogen) atoms. The van der Waals surface area contributed by atoms with Crippen LogP contribution in [0.4, 0.5) is 0 Å². The topological polar surface area (TPSA) is 64.3 Å². The third-order valence-electron chi connectivity index (χ3n) is 1.82. The van der Waals surface area contributed by atoms with Gasteiger partial charge >= 0.3 is 0 Å². The Morgan fingerprint density at radius 1 is 1.40 bits per heavy atom. The molecular formula is C11H16N2O2. The molecule has 1 aromatic rings. The highest BCUT2D eigenvalue weighted by Gasteiger charge is 2.07. The van der Waals surface area contributed by atoms with Gasteiger partial charge in [-0.25, -0.2) is 5.84 Å². The Hall–Kier alpha value is -1.55. The first-order chi connectivity index (χ1) is 7.02. The highest BCUT2D eigenvalue weighted by Crippen LogP contribution is 2.18. The van der Waals surface area contributed by atoms with E-state index in [4.69, 9.17) is 10.6 Å². The van der Waals surface area contributed by atoms with E-state index in [2.05, 4.69) is 5.43 Å². The first kappa shape index (κ1) is 11.5.